The van der Waals surface area contributed by atoms with Crippen molar-refractivity contribution >= 4 is 5.97 Å². The van der Waals surface area contributed by atoms with Gasteiger partial charge in [-0.05, 0) is 19.8 Å². The molecule has 3 nitrogen and oxygen atoms in total. The molecule has 76 valence electrons. The van der Waals surface area contributed by atoms with Gasteiger partial charge in [0, 0.05) is 0 Å². The minimum Gasteiger partial charge on any atom is -0.469 e. The first-order chi connectivity index (χ1) is 6.10. The summed E-state index contributed by atoms with van der Waals surface area (Å²) in [4.78, 5) is 11.2. The van der Waals surface area contributed by atoms with Crippen LogP contribution in [0.4, 0.5) is 0 Å². The first-order valence-electron chi connectivity index (χ1n) is 4.90. The van der Waals surface area contributed by atoms with Crippen molar-refractivity contribution in [2.24, 2.45) is 5.92 Å². The van der Waals surface area contributed by atoms with Gasteiger partial charge in [0.1, 0.15) is 0 Å². The lowest BCUT2D eigenvalue weighted by Crippen LogP contribution is -2.42. The van der Waals surface area contributed by atoms with E-state index in [-0.39, 0.29) is 5.97 Å². The fourth-order valence-electron chi connectivity index (χ4n) is 1.99. The molecular weight excluding hydrogens is 168 g/mol. The fraction of sp³-hybridized carbons (Fsp3) is 0.900. The summed E-state index contributed by atoms with van der Waals surface area (Å²) >= 11 is 0. The molecule has 0 aromatic heterocycles. The molecular formula is C10H18O3. The molecule has 0 spiro atoms. The van der Waals surface area contributed by atoms with Crippen LogP contribution in [0, 0.1) is 5.92 Å². The average Bonchev–Trinajstić information content (AvgIpc) is 2.16. The van der Waals surface area contributed by atoms with Crippen LogP contribution >= 0.6 is 0 Å². The van der Waals surface area contributed by atoms with Gasteiger partial charge in [-0.15, -0.1) is 0 Å². The smallest absolute Gasteiger partial charge is 0.311 e. The third kappa shape index (κ3) is 2.21. The molecule has 1 unspecified atom stereocenters. The highest BCUT2D eigenvalue weighted by molar-refractivity contribution is 5.73. The largest absolute Gasteiger partial charge is 0.469 e. The molecule has 0 heterocycles. The van der Waals surface area contributed by atoms with Gasteiger partial charge in [-0.1, -0.05) is 19.3 Å². The Balaban J connectivity index is 2.61. The van der Waals surface area contributed by atoms with Gasteiger partial charge in [-0.25, -0.2) is 0 Å². The standard InChI is InChI=1S/C10H18O3/c1-8(9(11)13-2)10(12)6-4-3-5-7-10/h8,12H,3-7H2,1-2H3. The second-order valence-electron chi connectivity index (χ2n) is 3.91. The highest BCUT2D eigenvalue weighted by Crippen LogP contribution is 2.34. The van der Waals surface area contributed by atoms with Crippen molar-refractivity contribution in [3.63, 3.8) is 0 Å². The fourth-order valence-corrected chi connectivity index (χ4v) is 1.99. The van der Waals surface area contributed by atoms with E-state index < -0.39 is 11.5 Å². The van der Waals surface area contributed by atoms with Gasteiger partial charge in [-0.2, -0.15) is 0 Å². The summed E-state index contributed by atoms with van der Waals surface area (Å²) in [6.45, 7) is 1.75. The maximum Gasteiger partial charge on any atom is 0.311 e. The van der Waals surface area contributed by atoms with Crippen molar-refractivity contribution in [1.82, 2.24) is 0 Å². The lowest BCUT2D eigenvalue weighted by molar-refractivity contribution is -0.157. The number of hydrogen-bond donors (Lipinski definition) is 1. The molecule has 1 atom stereocenters. The van der Waals surface area contributed by atoms with Crippen LogP contribution in [0.15, 0.2) is 0 Å². The summed E-state index contributed by atoms with van der Waals surface area (Å²) in [6.07, 6.45) is 4.64. The van der Waals surface area contributed by atoms with E-state index in [1.54, 1.807) is 6.92 Å². The molecule has 0 aliphatic heterocycles. The molecule has 1 rings (SSSR count). The van der Waals surface area contributed by atoms with Crippen molar-refractivity contribution in [3.05, 3.63) is 0 Å². The zero-order valence-corrected chi connectivity index (χ0v) is 8.38. The number of ether oxygens (including phenoxy) is 1. The molecule has 0 saturated heterocycles. The zero-order chi connectivity index (χ0) is 9.90. The number of esters is 1. The highest BCUT2D eigenvalue weighted by Gasteiger charge is 2.39. The second-order valence-corrected chi connectivity index (χ2v) is 3.91. The van der Waals surface area contributed by atoms with Crippen molar-refractivity contribution in [2.75, 3.05) is 7.11 Å². The Morgan fingerprint density at radius 3 is 2.38 bits per heavy atom. The van der Waals surface area contributed by atoms with E-state index in [9.17, 15) is 9.90 Å². The topological polar surface area (TPSA) is 46.5 Å². The van der Waals surface area contributed by atoms with Crippen molar-refractivity contribution in [2.45, 2.75) is 44.6 Å². The molecule has 0 aromatic rings. The molecule has 1 aliphatic carbocycles. The quantitative estimate of drug-likeness (QED) is 0.665. The first kappa shape index (κ1) is 10.5. The molecule has 1 aliphatic rings. The molecule has 1 saturated carbocycles. The van der Waals surface area contributed by atoms with Crippen LogP contribution < -0.4 is 0 Å². The number of carbonyl (C=O) groups is 1. The van der Waals surface area contributed by atoms with E-state index in [0.29, 0.717) is 0 Å². The van der Waals surface area contributed by atoms with Crippen LogP contribution in [0.3, 0.4) is 0 Å². The number of rotatable bonds is 2. The maximum absolute atomic E-state index is 11.2. The normalized spacial score (nSPS) is 23.6. The van der Waals surface area contributed by atoms with Gasteiger partial charge < -0.3 is 9.84 Å². The van der Waals surface area contributed by atoms with Gasteiger partial charge in [0.2, 0.25) is 0 Å². The Morgan fingerprint density at radius 1 is 1.38 bits per heavy atom. The summed E-state index contributed by atoms with van der Waals surface area (Å²) in [7, 11) is 1.37. The summed E-state index contributed by atoms with van der Waals surface area (Å²) in [6, 6.07) is 0. The maximum atomic E-state index is 11.2. The van der Waals surface area contributed by atoms with Crippen LogP contribution in [0.5, 0.6) is 0 Å². The van der Waals surface area contributed by atoms with Crippen LogP contribution in [0.2, 0.25) is 0 Å². The molecule has 0 radical (unpaired) electrons. The molecule has 0 bridgehead atoms. The van der Waals surface area contributed by atoms with Crippen LogP contribution in [0.1, 0.15) is 39.0 Å². The van der Waals surface area contributed by atoms with Crippen LogP contribution in [-0.4, -0.2) is 23.8 Å². The lowest BCUT2D eigenvalue weighted by atomic mass is 9.76. The summed E-state index contributed by atoms with van der Waals surface area (Å²) in [5.74, 6) is -0.692. The Morgan fingerprint density at radius 2 is 1.92 bits per heavy atom. The molecule has 0 aromatic carbocycles. The second kappa shape index (κ2) is 4.09. The summed E-state index contributed by atoms with van der Waals surface area (Å²) < 4.78 is 4.63. The van der Waals surface area contributed by atoms with Crippen molar-refractivity contribution in [1.29, 1.82) is 0 Å². The summed E-state index contributed by atoms with van der Waals surface area (Å²) in [5, 5.41) is 10.1. The van der Waals surface area contributed by atoms with Gasteiger partial charge in [0.25, 0.3) is 0 Å². The van der Waals surface area contributed by atoms with Crippen molar-refractivity contribution in [3.8, 4) is 0 Å². The Kier molecular flexibility index (Phi) is 3.31. The van der Waals surface area contributed by atoms with E-state index >= 15 is 0 Å². The van der Waals surface area contributed by atoms with E-state index in [0.717, 1.165) is 32.1 Å². The zero-order valence-electron chi connectivity index (χ0n) is 8.38. The molecule has 13 heavy (non-hydrogen) atoms. The van der Waals surface area contributed by atoms with Crippen LogP contribution in [0.25, 0.3) is 0 Å². The van der Waals surface area contributed by atoms with Gasteiger partial charge in [0.15, 0.2) is 0 Å². The molecule has 3 heteroatoms. The molecule has 0 amide bonds. The minimum atomic E-state index is -0.814. The SMILES string of the molecule is COC(=O)C(C)C1(O)CCCCC1. The van der Waals surface area contributed by atoms with E-state index in [2.05, 4.69) is 4.74 Å². The minimum absolute atomic E-state index is 0.301. The third-order valence-electron chi connectivity index (χ3n) is 3.08. The average molecular weight is 186 g/mol. The van der Waals surface area contributed by atoms with Gasteiger partial charge in [0.05, 0.1) is 18.6 Å². The Bertz CT molecular complexity index is 183. The third-order valence-corrected chi connectivity index (χ3v) is 3.08. The number of aliphatic hydroxyl groups is 1. The first-order valence-corrected chi connectivity index (χ1v) is 4.90. The predicted octanol–water partition coefficient (Wildman–Crippen LogP) is 1.49. The summed E-state index contributed by atoms with van der Waals surface area (Å²) in [5.41, 5.74) is -0.814. The Hall–Kier alpha value is -0.570. The lowest BCUT2D eigenvalue weighted by Gasteiger charge is -2.35. The van der Waals surface area contributed by atoms with E-state index in [4.69, 9.17) is 0 Å². The van der Waals surface area contributed by atoms with Gasteiger partial charge in [-0.3, -0.25) is 4.79 Å². The number of hydrogen-bond acceptors (Lipinski definition) is 3. The Labute approximate surface area is 79.1 Å². The monoisotopic (exact) mass is 186 g/mol. The van der Waals surface area contributed by atoms with E-state index in [1.807, 2.05) is 0 Å². The van der Waals surface area contributed by atoms with E-state index in [1.165, 1.54) is 7.11 Å². The highest BCUT2D eigenvalue weighted by atomic mass is 16.5. The molecule has 1 fully saturated rings. The predicted molar refractivity (Wildman–Crippen MR) is 49.2 cm³/mol. The number of carbonyl (C=O) groups excluding carboxylic acids is 1. The van der Waals surface area contributed by atoms with Crippen molar-refractivity contribution < 1.29 is 14.6 Å². The number of methoxy groups -OCH3 is 1. The molecule has 1 N–H and O–H groups in total. The van der Waals surface area contributed by atoms with Crippen LogP contribution in [-0.2, 0) is 9.53 Å². The van der Waals surface area contributed by atoms with Gasteiger partial charge >= 0.3 is 5.97 Å².